The third-order valence-electron chi connectivity index (χ3n) is 6.53. The molecule has 1 aromatic heterocycles. The summed E-state index contributed by atoms with van der Waals surface area (Å²) in [7, 11) is 3.07. The molecule has 0 fully saturated rings. The fraction of sp³-hybridized carbons (Fsp3) is 0.281. The summed E-state index contributed by atoms with van der Waals surface area (Å²) in [6.07, 6.45) is 0. The Morgan fingerprint density at radius 3 is 2.15 bits per heavy atom. The minimum atomic E-state index is -0.323. The van der Waals surface area contributed by atoms with E-state index in [1.54, 1.807) is 27.8 Å². The van der Waals surface area contributed by atoms with Gasteiger partial charge in [-0.25, -0.2) is 4.68 Å². The monoisotopic (exact) mass is 540 g/mol. The van der Waals surface area contributed by atoms with Crippen molar-refractivity contribution in [2.75, 3.05) is 32.6 Å². The molecule has 0 atom stereocenters. The van der Waals surface area contributed by atoms with Crippen molar-refractivity contribution in [1.29, 1.82) is 0 Å². The number of hydrogen-bond acceptors (Lipinski definition) is 5. The van der Waals surface area contributed by atoms with Crippen LogP contribution in [0.4, 0.5) is 5.82 Å². The Hall–Kier alpha value is -4.59. The van der Waals surface area contributed by atoms with E-state index in [0.29, 0.717) is 29.4 Å². The van der Waals surface area contributed by atoms with E-state index in [1.807, 2.05) is 82.3 Å². The zero-order valence-corrected chi connectivity index (χ0v) is 23.9. The summed E-state index contributed by atoms with van der Waals surface area (Å²) in [5.74, 6) is 1.10. The first-order valence-electron chi connectivity index (χ1n) is 13.2. The van der Waals surface area contributed by atoms with Gasteiger partial charge < -0.3 is 19.7 Å². The fourth-order valence-corrected chi connectivity index (χ4v) is 4.69. The van der Waals surface area contributed by atoms with Crippen LogP contribution in [0, 0.1) is 19.8 Å². The maximum absolute atomic E-state index is 13.7. The highest BCUT2D eigenvalue weighted by Gasteiger charge is 2.25. The van der Waals surface area contributed by atoms with Crippen LogP contribution in [0.2, 0.25) is 0 Å². The molecule has 0 aliphatic rings. The van der Waals surface area contributed by atoms with Gasteiger partial charge in [0.25, 0.3) is 5.91 Å². The van der Waals surface area contributed by atoms with Crippen LogP contribution in [0.3, 0.4) is 0 Å². The van der Waals surface area contributed by atoms with E-state index in [4.69, 9.17) is 14.6 Å². The number of hydrogen-bond donors (Lipinski definition) is 1. The summed E-state index contributed by atoms with van der Waals surface area (Å²) in [6, 6.07) is 22.7. The fourth-order valence-electron chi connectivity index (χ4n) is 4.69. The minimum absolute atomic E-state index is 0.136. The highest BCUT2D eigenvalue weighted by molar-refractivity contribution is 6.01. The highest BCUT2D eigenvalue weighted by Crippen LogP contribution is 2.34. The van der Waals surface area contributed by atoms with Crippen molar-refractivity contribution in [3.8, 4) is 28.3 Å². The first-order valence-corrected chi connectivity index (χ1v) is 13.2. The smallest absolute Gasteiger partial charge is 0.254 e. The largest absolute Gasteiger partial charge is 0.497 e. The van der Waals surface area contributed by atoms with Crippen LogP contribution in [-0.2, 0) is 4.79 Å². The number of nitrogens with one attached hydrogen (secondary N) is 1. The zero-order valence-electron chi connectivity index (χ0n) is 23.9. The molecule has 0 aliphatic carbocycles. The van der Waals surface area contributed by atoms with Crippen LogP contribution in [-0.4, -0.2) is 53.8 Å². The van der Waals surface area contributed by atoms with Gasteiger partial charge >= 0.3 is 0 Å². The molecule has 4 aromatic rings. The van der Waals surface area contributed by atoms with Gasteiger partial charge in [-0.05, 0) is 49.1 Å². The second-order valence-electron chi connectivity index (χ2n) is 10.1. The van der Waals surface area contributed by atoms with Crippen molar-refractivity contribution in [3.63, 3.8) is 0 Å². The van der Waals surface area contributed by atoms with Crippen molar-refractivity contribution in [1.82, 2.24) is 14.7 Å². The summed E-state index contributed by atoms with van der Waals surface area (Å²) < 4.78 is 12.5. The number of anilines is 1. The first-order chi connectivity index (χ1) is 19.2. The number of methoxy groups -OCH3 is 2. The SMILES string of the molecule is COc1cc(OC)cc(C(=O)N(CC(=O)Nc2c(-c3ccccc3)c(C)nn2-c2ccccc2C)CC(C)C)c1. The van der Waals surface area contributed by atoms with E-state index < -0.39 is 0 Å². The van der Waals surface area contributed by atoms with E-state index in [1.165, 1.54) is 14.2 Å². The normalized spacial score (nSPS) is 10.9. The van der Waals surface area contributed by atoms with E-state index in [2.05, 4.69) is 5.32 Å². The molecule has 0 saturated heterocycles. The van der Waals surface area contributed by atoms with Gasteiger partial charge in [-0.1, -0.05) is 62.4 Å². The highest BCUT2D eigenvalue weighted by atomic mass is 16.5. The van der Waals surface area contributed by atoms with Crippen molar-refractivity contribution < 1.29 is 19.1 Å². The number of carbonyl (C=O) groups excluding carboxylic acids is 2. The molecule has 4 rings (SSSR count). The number of nitrogens with zero attached hydrogens (tertiary/aromatic N) is 3. The van der Waals surface area contributed by atoms with Crippen LogP contribution in [0.25, 0.3) is 16.8 Å². The predicted octanol–water partition coefficient (Wildman–Crippen LogP) is 5.91. The lowest BCUT2D eigenvalue weighted by Crippen LogP contribution is -2.40. The number of aryl methyl sites for hydroxylation is 2. The van der Waals surface area contributed by atoms with Crippen molar-refractivity contribution in [2.24, 2.45) is 5.92 Å². The molecular weight excluding hydrogens is 504 g/mol. The van der Waals surface area contributed by atoms with Gasteiger partial charge in [0.05, 0.1) is 25.6 Å². The first kappa shape index (κ1) is 28.4. The number of ether oxygens (including phenoxy) is 2. The Bertz CT molecular complexity index is 1470. The molecule has 40 heavy (non-hydrogen) atoms. The third kappa shape index (κ3) is 6.34. The van der Waals surface area contributed by atoms with Crippen LogP contribution in [0.5, 0.6) is 11.5 Å². The summed E-state index contributed by atoms with van der Waals surface area (Å²) in [6.45, 7) is 8.21. The molecule has 0 saturated carbocycles. The van der Waals surface area contributed by atoms with Gasteiger partial charge in [0.1, 0.15) is 23.9 Å². The molecular formula is C32H36N4O4. The van der Waals surface area contributed by atoms with Gasteiger partial charge in [0.2, 0.25) is 5.91 Å². The molecule has 2 amide bonds. The molecule has 1 heterocycles. The topological polar surface area (TPSA) is 85.7 Å². The van der Waals surface area contributed by atoms with Crippen LogP contribution in [0.1, 0.15) is 35.5 Å². The average Bonchev–Trinajstić information content (AvgIpc) is 3.27. The Morgan fingerprint density at radius 1 is 0.925 bits per heavy atom. The van der Waals surface area contributed by atoms with Crippen molar-refractivity contribution >= 4 is 17.6 Å². The number of aromatic nitrogens is 2. The van der Waals surface area contributed by atoms with Gasteiger partial charge in [-0.15, -0.1) is 0 Å². The van der Waals surface area contributed by atoms with E-state index in [-0.39, 0.29) is 24.3 Å². The van der Waals surface area contributed by atoms with E-state index in [9.17, 15) is 9.59 Å². The van der Waals surface area contributed by atoms with Gasteiger partial charge in [0, 0.05) is 23.7 Å². The molecule has 8 nitrogen and oxygen atoms in total. The minimum Gasteiger partial charge on any atom is -0.497 e. The molecule has 0 radical (unpaired) electrons. The maximum atomic E-state index is 13.7. The molecule has 8 heteroatoms. The van der Waals surface area contributed by atoms with Gasteiger partial charge in [-0.3, -0.25) is 9.59 Å². The number of rotatable bonds is 10. The number of amides is 2. The van der Waals surface area contributed by atoms with E-state index in [0.717, 1.165) is 28.1 Å². The lowest BCUT2D eigenvalue weighted by Gasteiger charge is -2.25. The molecule has 0 spiro atoms. The second-order valence-corrected chi connectivity index (χ2v) is 10.1. The second kappa shape index (κ2) is 12.5. The van der Waals surface area contributed by atoms with Crippen LogP contribution >= 0.6 is 0 Å². The Labute approximate surface area is 235 Å². The number of carbonyl (C=O) groups is 2. The number of benzene rings is 3. The predicted molar refractivity (Wildman–Crippen MR) is 157 cm³/mol. The standard InChI is InChI=1S/C32H36N4O4/c1-21(2)19-35(32(38)25-16-26(39-5)18-27(17-25)40-6)20-29(37)33-31-30(24-13-8-7-9-14-24)23(4)34-36(31)28-15-11-10-12-22(28)3/h7-18,21H,19-20H2,1-6H3,(H,33,37). The van der Waals surface area contributed by atoms with Crippen molar-refractivity contribution in [2.45, 2.75) is 27.7 Å². The zero-order chi connectivity index (χ0) is 28.8. The average molecular weight is 541 g/mol. The third-order valence-corrected chi connectivity index (χ3v) is 6.53. The van der Waals surface area contributed by atoms with Gasteiger partial charge in [0.15, 0.2) is 0 Å². The lowest BCUT2D eigenvalue weighted by atomic mass is 10.1. The molecule has 3 aromatic carbocycles. The summed E-state index contributed by atoms with van der Waals surface area (Å²) >= 11 is 0. The summed E-state index contributed by atoms with van der Waals surface area (Å²) in [5.41, 5.74) is 4.81. The molecule has 1 N–H and O–H groups in total. The van der Waals surface area contributed by atoms with E-state index >= 15 is 0 Å². The maximum Gasteiger partial charge on any atom is 0.254 e. The van der Waals surface area contributed by atoms with Crippen LogP contribution < -0.4 is 14.8 Å². The summed E-state index contributed by atoms with van der Waals surface area (Å²) in [5, 5.41) is 7.91. The molecule has 0 aliphatic heterocycles. The van der Waals surface area contributed by atoms with Crippen molar-refractivity contribution in [3.05, 3.63) is 89.6 Å². The van der Waals surface area contributed by atoms with Gasteiger partial charge in [-0.2, -0.15) is 5.10 Å². The Kier molecular flexibility index (Phi) is 8.89. The Balaban J connectivity index is 1.70. The quantitative estimate of drug-likeness (QED) is 0.270. The molecule has 0 bridgehead atoms. The molecule has 208 valence electrons. The lowest BCUT2D eigenvalue weighted by molar-refractivity contribution is -0.117. The number of para-hydroxylation sites is 1. The summed E-state index contributed by atoms with van der Waals surface area (Å²) in [4.78, 5) is 28.9. The Morgan fingerprint density at radius 2 is 1.55 bits per heavy atom. The van der Waals surface area contributed by atoms with Crippen LogP contribution in [0.15, 0.2) is 72.8 Å². The molecule has 0 unspecified atom stereocenters.